The van der Waals surface area contributed by atoms with E-state index in [1.807, 2.05) is 30.3 Å². The fourth-order valence-electron chi connectivity index (χ4n) is 7.47. The number of sulfone groups is 1. The maximum atomic E-state index is 14.2. The van der Waals surface area contributed by atoms with E-state index in [1.165, 1.54) is 25.1 Å². The van der Waals surface area contributed by atoms with Gasteiger partial charge in [0.25, 0.3) is 0 Å². The molecule has 2 aromatic rings. The number of aliphatic hydroxyl groups is 2. The highest BCUT2D eigenvalue weighted by atomic mass is 32.2. The van der Waals surface area contributed by atoms with Gasteiger partial charge in [-0.2, -0.15) is 0 Å². The number of aromatic amines is 1. The molecule has 3 aliphatic rings. The van der Waals surface area contributed by atoms with Crippen LogP contribution in [0.2, 0.25) is 0 Å². The maximum absolute atomic E-state index is 14.2. The first-order valence-corrected chi connectivity index (χ1v) is 20.6. The van der Waals surface area contributed by atoms with Gasteiger partial charge in [0.05, 0.1) is 43.1 Å². The van der Waals surface area contributed by atoms with Crippen molar-refractivity contribution in [3.05, 3.63) is 54.1 Å². The Labute approximate surface area is 307 Å². The van der Waals surface area contributed by atoms with Gasteiger partial charge in [0.2, 0.25) is 17.7 Å². The predicted octanol–water partition coefficient (Wildman–Crippen LogP) is 2.33. The third-order valence-electron chi connectivity index (χ3n) is 11.1. The fourth-order valence-corrected chi connectivity index (χ4v) is 8.97. The zero-order valence-electron chi connectivity index (χ0n) is 30.5. The lowest BCUT2D eigenvalue weighted by Crippen LogP contribution is -2.56. The van der Waals surface area contributed by atoms with Crippen LogP contribution in [-0.4, -0.2) is 112 Å². The van der Waals surface area contributed by atoms with Crippen LogP contribution >= 0.6 is 0 Å². The van der Waals surface area contributed by atoms with Gasteiger partial charge in [0.15, 0.2) is 9.84 Å². The summed E-state index contributed by atoms with van der Waals surface area (Å²) < 4.78 is 31.2. The van der Waals surface area contributed by atoms with Gasteiger partial charge in [0.1, 0.15) is 16.9 Å². The Bertz CT molecular complexity index is 1550. The molecule has 2 heterocycles. The number of aromatic nitrogens is 2. The molecule has 52 heavy (non-hydrogen) atoms. The van der Waals surface area contributed by atoms with Crippen molar-refractivity contribution in [1.82, 2.24) is 25.5 Å². The number of benzene rings is 1. The zero-order valence-corrected chi connectivity index (χ0v) is 31.4. The molecule has 3 fully saturated rings. The van der Waals surface area contributed by atoms with E-state index >= 15 is 0 Å². The summed E-state index contributed by atoms with van der Waals surface area (Å²) in [5.41, 5.74) is 1.36. The van der Waals surface area contributed by atoms with Gasteiger partial charge in [0, 0.05) is 31.6 Å². The molecule has 288 valence electrons. The number of imidazole rings is 1. The number of carbonyl (C=O) groups excluding carboxylic acids is 3. The number of hydrogen-bond acceptors (Lipinski definition) is 9. The SMILES string of the molecule is CC(C)(C(=O)N1CCOCC1)S(=O)(=O)CC[C@H](Cc1ccccc1)C(=O)N[C@@H](Cc1c[nH]cn1)C(=O)NC(CC1CCCCC1)C(O)C(O)C1CC1. The molecule has 3 unspecified atom stereocenters. The number of aliphatic hydroxyl groups excluding tert-OH is 2. The molecule has 2 aliphatic carbocycles. The third-order valence-corrected chi connectivity index (χ3v) is 13.6. The van der Waals surface area contributed by atoms with Crippen molar-refractivity contribution in [1.29, 1.82) is 0 Å². The summed E-state index contributed by atoms with van der Waals surface area (Å²) in [6.07, 6.45) is 8.70. The smallest absolute Gasteiger partial charge is 0.243 e. The number of rotatable bonds is 18. The summed E-state index contributed by atoms with van der Waals surface area (Å²) >= 11 is 0. The number of ether oxygens (including phenoxy) is 1. The summed E-state index contributed by atoms with van der Waals surface area (Å²) in [6, 6.07) is 7.45. The van der Waals surface area contributed by atoms with Crippen LogP contribution in [0.1, 0.15) is 82.9 Å². The highest BCUT2D eigenvalue weighted by molar-refractivity contribution is 7.93. The highest BCUT2D eigenvalue weighted by Crippen LogP contribution is 2.36. The number of carbonyl (C=O) groups is 3. The van der Waals surface area contributed by atoms with Gasteiger partial charge in [-0.05, 0) is 63.4 Å². The van der Waals surface area contributed by atoms with Crippen LogP contribution in [0.5, 0.6) is 0 Å². The second-order valence-corrected chi connectivity index (χ2v) is 18.1. The molecule has 5 N–H and O–H groups in total. The molecule has 13 nitrogen and oxygen atoms in total. The van der Waals surface area contributed by atoms with Crippen LogP contribution < -0.4 is 10.6 Å². The number of amides is 3. The highest BCUT2D eigenvalue weighted by Gasteiger charge is 2.45. The first kappa shape index (κ1) is 39.9. The number of morpholine rings is 1. The summed E-state index contributed by atoms with van der Waals surface area (Å²) in [6.45, 7) is 4.14. The minimum atomic E-state index is -4.02. The van der Waals surface area contributed by atoms with Crippen LogP contribution in [-0.2, 0) is 41.8 Å². The monoisotopic (exact) mass is 743 g/mol. The van der Waals surface area contributed by atoms with Gasteiger partial charge in [-0.1, -0.05) is 62.4 Å². The van der Waals surface area contributed by atoms with E-state index in [0.29, 0.717) is 44.3 Å². The van der Waals surface area contributed by atoms with Crippen molar-refractivity contribution in [2.75, 3.05) is 32.1 Å². The van der Waals surface area contributed by atoms with Gasteiger partial charge in [-0.15, -0.1) is 0 Å². The van der Waals surface area contributed by atoms with E-state index < -0.39 is 68.3 Å². The predicted molar refractivity (Wildman–Crippen MR) is 196 cm³/mol. The molecule has 0 bridgehead atoms. The maximum Gasteiger partial charge on any atom is 0.243 e. The molecular weight excluding hydrogens is 687 g/mol. The molecular formula is C38H57N5O8S. The topological polar surface area (TPSA) is 191 Å². The van der Waals surface area contributed by atoms with Crippen molar-refractivity contribution < 1.29 is 37.8 Å². The Hall–Kier alpha value is -3.33. The minimum absolute atomic E-state index is 0.00415. The molecule has 5 rings (SSSR count). The quantitative estimate of drug-likeness (QED) is 0.153. The second kappa shape index (κ2) is 18.1. The lowest BCUT2D eigenvalue weighted by molar-refractivity contribution is -0.137. The average molecular weight is 744 g/mol. The van der Waals surface area contributed by atoms with E-state index in [9.17, 15) is 33.0 Å². The van der Waals surface area contributed by atoms with Crippen molar-refractivity contribution in [2.45, 2.75) is 114 Å². The molecule has 1 aromatic carbocycles. The van der Waals surface area contributed by atoms with E-state index in [2.05, 4.69) is 20.6 Å². The Kier molecular flexibility index (Phi) is 13.9. The van der Waals surface area contributed by atoms with Crippen molar-refractivity contribution in [2.24, 2.45) is 17.8 Å². The zero-order chi connectivity index (χ0) is 37.3. The normalized spacial score (nSPS) is 20.3. The van der Waals surface area contributed by atoms with Crippen LogP contribution in [0.25, 0.3) is 0 Å². The van der Waals surface area contributed by atoms with Crippen molar-refractivity contribution in [3.63, 3.8) is 0 Å². The fraction of sp³-hybridized carbons (Fsp3) is 0.684. The van der Waals surface area contributed by atoms with Gasteiger partial charge >= 0.3 is 0 Å². The van der Waals surface area contributed by atoms with Gasteiger partial charge < -0.3 is 35.5 Å². The van der Waals surface area contributed by atoms with E-state index in [1.54, 1.807) is 6.20 Å². The largest absolute Gasteiger partial charge is 0.390 e. The van der Waals surface area contributed by atoms with E-state index in [0.717, 1.165) is 50.5 Å². The Morgan fingerprint density at radius 1 is 0.981 bits per heavy atom. The van der Waals surface area contributed by atoms with Crippen LogP contribution in [0.4, 0.5) is 0 Å². The van der Waals surface area contributed by atoms with Crippen LogP contribution in [0.15, 0.2) is 42.9 Å². The van der Waals surface area contributed by atoms with Crippen molar-refractivity contribution >= 4 is 27.6 Å². The lowest BCUT2D eigenvalue weighted by Gasteiger charge is -2.34. The standard InChI is InChI=1S/C38H57N5O8S/c1-38(2,37(48)43-16-18-51-19-17-43)52(49,50)20-15-29(21-26-9-5-3-6-10-26)35(46)42-32(23-30-24-39-25-40-30)36(47)41-31(22-27-11-7-4-8-12-27)34(45)33(44)28-13-14-28/h3,5-6,9-10,24-25,27-29,31-34,44-45H,4,7-8,11-23H2,1-2H3,(H,39,40)(H,41,47)(H,42,46)/t29-,31?,32+,33?,34?/m1/s1. The second-order valence-electron chi connectivity index (χ2n) is 15.4. The Balaban J connectivity index is 1.34. The Morgan fingerprint density at radius 2 is 1.67 bits per heavy atom. The molecule has 3 amide bonds. The molecule has 1 saturated heterocycles. The molecule has 14 heteroatoms. The first-order valence-electron chi connectivity index (χ1n) is 18.9. The first-order chi connectivity index (χ1) is 24.9. The molecule has 2 saturated carbocycles. The van der Waals surface area contributed by atoms with Gasteiger partial charge in [-0.3, -0.25) is 14.4 Å². The summed E-state index contributed by atoms with van der Waals surface area (Å²) in [5, 5.41) is 28.1. The summed E-state index contributed by atoms with van der Waals surface area (Å²) in [4.78, 5) is 50.4. The lowest BCUT2D eigenvalue weighted by atomic mass is 9.82. The molecule has 1 aromatic heterocycles. The molecule has 0 spiro atoms. The molecule has 5 atom stereocenters. The number of nitrogens with one attached hydrogen (secondary N) is 3. The number of H-pyrrole nitrogens is 1. The summed E-state index contributed by atoms with van der Waals surface area (Å²) in [7, 11) is -4.02. The minimum Gasteiger partial charge on any atom is -0.390 e. The number of nitrogens with zero attached hydrogens (tertiary/aromatic N) is 2. The van der Waals surface area contributed by atoms with E-state index in [-0.39, 0.29) is 25.2 Å². The van der Waals surface area contributed by atoms with Crippen LogP contribution in [0, 0.1) is 17.8 Å². The van der Waals surface area contributed by atoms with E-state index in [4.69, 9.17) is 4.74 Å². The number of hydrogen-bond donors (Lipinski definition) is 5. The van der Waals surface area contributed by atoms with Gasteiger partial charge in [-0.25, -0.2) is 13.4 Å². The van der Waals surface area contributed by atoms with Crippen molar-refractivity contribution in [3.8, 4) is 0 Å². The average Bonchev–Trinajstić information content (AvgIpc) is 3.88. The van der Waals surface area contributed by atoms with Crippen LogP contribution in [0.3, 0.4) is 0 Å². The molecule has 0 radical (unpaired) electrons. The Morgan fingerprint density at radius 3 is 2.31 bits per heavy atom. The summed E-state index contributed by atoms with van der Waals surface area (Å²) in [5.74, 6) is -2.46. The molecule has 1 aliphatic heterocycles. The third kappa shape index (κ3) is 10.6.